The normalized spacial score (nSPS) is 18.9. The summed E-state index contributed by atoms with van der Waals surface area (Å²) in [6.45, 7) is 3.13. The van der Waals surface area contributed by atoms with Gasteiger partial charge in [-0.25, -0.2) is 0 Å². The Morgan fingerprint density at radius 2 is 2.03 bits per heavy atom. The van der Waals surface area contributed by atoms with Gasteiger partial charge in [-0.05, 0) is 36.6 Å². The van der Waals surface area contributed by atoms with E-state index in [1.165, 1.54) is 0 Å². The molecule has 0 spiro atoms. The van der Waals surface area contributed by atoms with Crippen molar-refractivity contribution < 1.29 is 14.3 Å². The van der Waals surface area contributed by atoms with Crippen LogP contribution in [0.3, 0.4) is 0 Å². The van der Waals surface area contributed by atoms with Gasteiger partial charge in [-0.1, -0.05) is 55.3 Å². The average Bonchev–Trinajstić information content (AvgIpc) is 2.76. The average molecular weight is 429 g/mol. The first-order valence-electron chi connectivity index (χ1n) is 10.5. The maximum Gasteiger partial charge on any atom is 0.225 e. The molecule has 160 valence electrons. The van der Waals surface area contributed by atoms with Crippen LogP contribution in [0.25, 0.3) is 0 Å². The molecule has 0 aliphatic carbocycles. The van der Waals surface area contributed by atoms with Crippen molar-refractivity contribution in [2.75, 3.05) is 13.7 Å². The number of hydrogen-bond donors (Lipinski definition) is 1. The van der Waals surface area contributed by atoms with Gasteiger partial charge in [-0.3, -0.25) is 9.59 Å². The summed E-state index contributed by atoms with van der Waals surface area (Å²) >= 11 is 6.06. The number of piperidine rings is 1. The number of ether oxygens (including phenoxy) is 1. The molecule has 2 atom stereocenters. The van der Waals surface area contributed by atoms with Crippen LogP contribution in [0.4, 0.5) is 0 Å². The summed E-state index contributed by atoms with van der Waals surface area (Å²) < 4.78 is 5.57. The minimum atomic E-state index is -0.340. The fourth-order valence-electron chi connectivity index (χ4n) is 4.08. The Bertz CT molecular complexity index is 886. The van der Waals surface area contributed by atoms with Gasteiger partial charge in [0.1, 0.15) is 5.75 Å². The summed E-state index contributed by atoms with van der Waals surface area (Å²) in [5, 5.41) is 3.69. The predicted molar refractivity (Wildman–Crippen MR) is 118 cm³/mol. The van der Waals surface area contributed by atoms with Gasteiger partial charge in [0.05, 0.1) is 19.1 Å². The molecule has 5 nitrogen and oxygen atoms in total. The number of likely N-dealkylation sites (tertiary alicyclic amines) is 1. The number of unbranched alkanes of at least 4 members (excludes halogenated alkanes) is 1. The largest absolute Gasteiger partial charge is 0.496 e. The Morgan fingerprint density at radius 3 is 2.77 bits per heavy atom. The molecular weight excluding hydrogens is 400 g/mol. The second kappa shape index (κ2) is 10.5. The monoisotopic (exact) mass is 428 g/mol. The number of amides is 2. The number of benzene rings is 2. The van der Waals surface area contributed by atoms with Crippen LogP contribution < -0.4 is 10.1 Å². The second-order valence-electron chi connectivity index (χ2n) is 7.62. The van der Waals surface area contributed by atoms with Crippen LogP contribution in [0.2, 0.25) is 5.02 Å². The number of nitrogens with zero attached hydrogens (tertiary/aromatic N) is 1. The van der Waals surface area contributed by atoms with Gasteiger partial charge in [0.2, 0.25) is 11.8 Å². The maximum absolute atomic E-state index is 13.2. The highest BCUT2D eigenvalue weighted by Crippen LogP contribution is 2.40. The minimum Gasteiger partial charge on any atom is -0.496 e. The van der Waals surface area contributed by atoms with Crippen LogP contribution in [0.1, 0.15) is 49.8 Å². The molecule has 0 saturated carbocycles. The molecule has 2 aromatic carbocycles. The Balaban J connectivity index is 1.87. The van der Waals surface area contributed by atoms with Gasteiger partial charge in [0.25, 0.3) is 0 Å². The summed E-state index contributed by atoms with van der Waals surface area (Å²) in [7, 11) is 1.62. The van der Waals surface area contributed by atoms with Crippen molar-refractivity contribution in [2.45, 2.75) is 45.2 Å². The number of nitrogens with one attached hydrogen (secondary N) is 1. The third kappa shape index (κ3) is 5.14. The number of carbonyl (C=O) groups is 2. The summed E-state index contributed by atoms with van der Waals surface area (Å²) in [4.78, 5) is 27.9. The van der Waals surface area contributed by atoms with Crippen molar-refractivity contribution in [3.8, 4) is 5.75 Å². The molecule has 6 heteroatoms. The Hall–Kier alpha value is -2.53. The first-order chi connectivity index (χ1) is 14.5. The molecule has 0 radical (unpaired) electrons. The molecule has 2 amide bonds. The molecule has 1 fully saturated rings. The van der Waals surface area contributed by atoms with Crippen molar-refractivity contribution in [3.05, 3.63) is 64.7 Å². The van der Waals surface area contributed by atoms with Gasteiger partial charge in [0.15, 0.2) is 0 Å². The Labute approximate surface area is 183 Å². The van der Waals surface area contributed by atoms with E-state index in [9.17, 15) is 9.59 Å². The zero-order valence-electron chi connectivity index (χ0n) is 17.6. The highest BCUT2D eigenvalue weighted by molar-refractivity contribution is 6.30. The van der Waals surface area contributed by atoms with Crippen LogP contribution >= 0.6 is 11.6 Å². The van der Waals surface area contributed by atoms with Crippen molar-refractivity contribution in [1.82, 2.24) is 10.2 Å². The fourth-order valence-corrected chi connectivity index (χ4v) is 4.30. The van der Waals surface area contributed by atoms with Gasteiger partial charge in [-0.2, -0.15) is 0 Å². The predicted octanol–water partition coefficient (Wildman–Crippen LogP) is 4.74. The zero-order chi connectivity index (χ0) is 21.5. The van der Waals surface area contributed by atoms with Crippen LogP contribution in [0, 0.1) is 5.92 Å². The lowest BCUT2D eigenvalue weighted by molar-refractivity contribution is -0.143. The molecule has 0 unspecified atom stereocenters. The molecule has 0 aromatic heterocycles. The van der Waals surface area contributed by atoms with Crippen LogP contribution in [0.15, 0.2) is 48.5 Å². The first-order valence-corrected chi connectivity index (χ1v) is 10.9. The number of carbonyl (C=O) groups excluding carboxylic acids is 2. The van der Waals surface area contributed by atoms with E-state index in [0.29, 0.717) is 36.7 Å². The van der Waals surface area contributed by atoms with Crippen LogP contribution in [-0.2, 0) is 16.1 Å². The quantitative estimate of drug-likeness (QED) is 0.660. The van der Waals surface area contributed by atoms with Crippen LogP contribution in [-0.4, -0.2) is 30.4 Å². The highest BCUT2D eigenvalue weighted by Gasteiger charge is 2.41. The van der Waals surface area contributed by atoms with Gasteiger partial charge < -0.3 is 15.0 Å². The van der Waals surface area contributed by atoms with E-state index in [1.54, 1.807) is 7.11 Å². The van der Waals surface area contributed by atoms with Gasteiger partial charge >= 0.3 is 0 Å². The lowest BCUT2D eigenvalue weighted by Crippen LogP contribution is -2.48. The highest BCUT2D eigenvalue weighted by atomic mass is 35.5. The van der Waals surface area contributed by atoms with E-state index in [4.69, 9.17) is 16.3 Å². The first kappa shape index (κ1) is 22.2. The SMILES string of the molecule is CCCCN1C(=O)CC[C@@H](C(=O)NCc2cccc(Cl)c2)[C@@H]1c1ccccc1OC. The second-order valence-corrected chi connectivity index (χ2v) is 8.06. The molecule has 1 heterocycles. The molecule has 3 rings (SSSR count). The lowest BCUT2D eigenvalue weighted by Gasteiger charge is -2.41. The molecule has 1 saturated heterocycles. The Morgan fingerprint density at radius 1 is 1.23 bits per heavy atom. The summed E-state index contributed by atoms with van der Waals surface area (Å²) in [6, 6.07) is 14.8. The molecular formula is C24H29ClN2O3. The number of hydrogen-bond acceptors (Lipinski definition) is 3. The summed E-state index contributed by atoms with van der Waals surface area (Å²) in [5.74, 6) is 0.402. The van der Waals surface area contributed by atoms with E-state index >= 15 is 0 Å². The smallest absolute Gasteiger partial charge is 0.225 e. The number of methoxy groups -OCH3 is 1. The standard InChI is InChI=1S/C24H29ClN2O3/c1-3-4-14-27-22(28)13-12-20(23(27)19-10-5-6-11-21(19)30-2)24(29)26-16-17-8-7-9-18(25)15-17/h5-11,15,20,23H,3-4,12-14,16H2,1-2H3,(H,26,29)/t20-,23+/m1/s1. The van der Waals surface area contributed by atoms with Gasteiger partial charge in [0, 0.05) is 30.1 Å². The van der Waals surface area contributed by atoms with Crippen molar-refractivity contribution >= 4 is 23.4 Å². The van der Waals surface area contributed by atoms with E-state index in [0.717, 1.165) is 24.0 Å². The Kier molecular flexibility index (Phi) is 7.75. The fraction of sp³-hybridized carbons (Fsp3) is 0.417. The maximum atomic E-state index is 13.2. The molecule has 2 aromatic rings. The van der Waals surface area contributed by atoms with Gasteiger partial charge in [-0.15, -0.1) is 0 Å². The lowest BCUT2D eigenvalue weighted by atomic mass is 9.83. The van der Waals surface area contributed by atoms with Crippen LogP contribution in [0.5, 0.6) is 5.75 Å². The van der Waals surface area contributed by atoms with Crippen molar-refractivity contribution in [3.63, 3.8) is 0 Å². The number of halogens is 1. The third-order valence-corrected chi connectivity index (χ3v) is 5.84. The number of para-hydroxylation sites is 1. The van der Waals surface area contributed by atoms with Crippen molar-refractivity contribution in [2.24, 2.45) is 5.92 Å². The summed E-state index contributed by atoms with van der Waals surface area (Å²) in [6.07, 6.45) is 2.78. The third-order valence-electron chi connectivity index (χ3n) is 5.61. The molecule has 1 N–H and O–H groups in total. The molecule has 1 aliphatic heterocycles. The molecule has 1 aliphatic rings. The summed E-state index contributed by atoms with van der Waals surface area (Å²) in [5.41, 5.74) is 1.83. The van der Waals surface area contributed by atoms with Crippen molar-refractivity contribution in [1.29, 1.82) is 0 Å². The topological polar surface area (TPSA) is 58.6 Å². The van der Waals surface area contributed by atoms with E-state index in [2.05, 4.69) is 12.2 Å². The van der Waals surface area contributed by atoms with E-state index in [1.807, 2.05) is 53.4 Å². The van der Waals surface area contributed by atoms with E-state index < -0.39 is 0 Å². The number of rotatable bonds is 8. The zero-order valence-corrected chi connectivity index (χ0v) is 18.3. The minimum absolute atomic E-state index is 0.0557. The molecule has 0 bridgehead atoms. The van der Waals surface area contributed by atoms with E-state index in [-0.39, 0.29) is 23.8 Å². The molecule has 30 heavy (non-hydrogen) atoms.